The van der Waals surface area contributed by atoms with Crippen molar-refractivity contribution in [2.45, 2.75) is 38.3 Å². The molecule has 1 fully saturated rings. The molecule has 2 unspecified atom stereocenters. The van der Waals surface area contributed by atoms with Crippen molar-refractivity contribution in [1.29, 1.82) is 0 Å². The Balaban J connectivity index is 2.45. The summed E-state index contributed by atoms with van der Waals surface area (Å²) in [6, 6.07) is 0. The molecule has 78 valence electrons. The highest BCUT2D eigenvalue weighted by molar-refractivity contribution is 9.09. The van der Waals surface area contributed by atoms with Gasteiger partial charge in [0.05, 0.1) is 0 Å². The molecule has 4 heteroatoms. The van der Waals surface area contributed by atoms with E-state index < -0.39 is 12.6 Å². The Labute approximate surface area is 85.0 Å². The first-order valence-electron chi connectivity index (χ1n) is 4.65. The molecule has 0 saturated heterocycles. The van der Waals surface area contributed by atoms with Crippen molar-refractivity contribution in [2.75, 3.05) is 5.33 Å². The fraction of sp³-hybridized carbons (Fsp3) is 1.00. The molecular weight excluding hydrogens is 245 g/mol. The molecule has 0 nitrogen and oxygen atoms in total. The molecule has 0 aromatic rings. The highest BCUT2D eigenvalue weighted by Gasteiger charge is 2.36. The summed E-state index contributed by atoms with van der Waals surface area (Å²) >= 11 is 3.29. The average Bonchev–Trinajstić information content (AvgIpc) is 2.02. The minimum absolute atomic E-state index is 0.145. The lowest BCUT2D eigenvalue weighted by Gasteiger charge is -2.30. The third kappa shape index (κ3) is 3.88. The lowest BCUT2D eigenvalue weighted by molar-refractivity contribution is -0.150. The van der Waals surface area contributed by atoms with Gasteiger partial charge in [0.25, 0.3) is 0 Å². The van der Waals surface area contributed by atoms with Crippen molar-refractivity contribution in [3.8, 4) is 0 Å². The van der Waals surface area contributed by atoms with Gasteiger partial charge in [-0.15, -0.1) is 0 Å². The predicted molar refractivity (Wildman–Crippen MR) is 49.9 cm³/mol. The maximum absolute atomic E-state index is 12.1. The van der Waals surface area contributed by atoms with Gasteiger partial charge in [0.2, 0.25) is 0 Å². The monoisotopic (exact) mass is 258 g/mol. The Kier molecular flexibility index (Phi) is 4.07. The van der Waals surface area contributed by atoms with Gasteiger partial charge >= 0.3 is 6.18 Å². The zero-order valence-corrected chi connectivity index (χ0v) is 9.00. The largest absolute Gasteiger partial charge is 0.389 e. The Morgan fingerprint density at radius 3 is 2.08 bits per heavy atom. The van der Waals surface area contributed by atoms with Gasteiger partial charge in [-0.25, -0.2) is 0 Å². The van der Waals surface area contributed by atoms with Gasteiger partial charge in [0, 0.05) is 11.8 Å². The molecule has 0 radical (unpaired) electrons. The molecule has 1 saturated carbocycles. The molecule has 0 amide bonds. The highest BCUT2D eigenvalue weighted by Crippen LogP contribution is 2.38. The summed E-state index contributed by atoms with van der Waals surface area (Å²) in [4.78, 5) is 0. The van der Waals surface area contributed by atoms with Gasteiger partial charge in [-0.05, 0) is 24.7 Å². The van der Waals surface area contributed by atoms with Gasteiger partial charge in [-0.3, -0.25) is 0 Å². The summed E-state index contributed by atoms with van der Waals surface area (Å²) in [7, 11) is 0. The summed E-state index contributed by atoms with van der Waals surface area (Å²) in [5, 5.41) is 0.716. The topological polar surface area (TPSA) is 0 Å². The fourth-order valence-electron chi connectivity index (χ4n) is 2.05. The van der Waals surface area contributed by atoms with Crippen LogP contribution in [0.15, 0.2) is 0 Å². The molecule has 0 aromatic carbocycles. The summed E-state index contributed by atoms with van der Waals surface area (Å²) in [5.41, 5.74) is 0. The van der Waals surface area contributed by atoms with E-state index in [0.717, 1.165) is 25.7 Å². The fourth-order valence-corrected chi connectivity index (χ4v) is 2.91. The van der Waals surface area contributed by atoms with Crippen LogP contribution in [-0.4, -0.2) is 11.5 Å². The van der Waals surface area contributed by atoms with Crippen LogP contribution in [0.1, 0.15) is 32.1 Å². The number of hydrogen-bond donors (Lipinski definition) is 0. The third-order valence-corrected chi connectivity index (χ3v) is 3.59. The van der Waals surface area contributed by atoms with Gasteiger partial charge < -0.3 is 0 Å². The zero-order valence-electron chi connectivity index (χ0n) is 7.41. The van der Waals surface area contributed by atoms with Crippen LogP contribution in [0, 0.1) is 11.8 Å². The van der Waals surface area contributed by atoms with Crippen molar-refractivity contribution in [3.05, 3.63) is 0 Å². The van der Waals surface area contributed by atoms with E-state index in [1.807, 2.05) is 0 Å². The van der Waals surface area contributed by atoms with Crippen LogP contribution < -0.4 is 0 Å². The molecule has 2 atom stereocenters. The lowest BCUT2D eigenvalue weighted by Crippen LogP contribution is -2.26. The van der Waals surface area contributed by atoms with Crippen molar-refractivity contribution >= 4 is 15.9 Å². The van der Waals surface area contributed by atoms with E-state index in [2.05, 4.69) is 15.9 Å². The normalized spacial score (nSPS) is 30.5. The van der Waals surface area contributed by atoms with Crippen LogP contribution in [0.4, 0.5) is 13.2 Å². The lowest BCUT2D eigenvalue weighted by atomic mass is 9.78. The van der Waals surface area contributed by atoms with E-state index in [0.29, 0.717) is 5.33 Å². The quantitative estimate of drug-likeness (QED) is 0.654. The molecule has 1 rings (SSSR count). The van der Waals surface area contributed by atoms with Gasteiger partial charge in [0.1, 0.15) is 0 Å². The first-order valence-corrected chi connectivity index (χ1v) is 5.78. The molecule has 1 aliphatic rings. The maximum Gasteiger partial charge on any atom is 0.389 e. The van der Waals surface area contributed by atoms with Gasteiger partial charge in [-0.2, -0.15) is 13.2 Å². The van der Waals surface area contributed by atoms with Crippen LogP contribution in [-0.2, 0) is 0 Å². The Bertz CT molecular complexity index is 155. The second-order valence-corrected chi connectivity index (χ2v) is 4.43. The second kappa shape index (κ2) is 4.67. The Morgan fingerprint density at radius 2 is 1.62 bits per heavy atom. The van der Waals surface area contributed by atoms with Crippen molar-refractivity contribution in [2.24, 2.45) is 11.8 Å². The Hall–Kier alpha value is 0.270. The molecule has 0 aromatic heterocycles. The molecular formula is C9H14BrF3. The minimum Gasteiger partial charge on any atom is -0.171 e. The van der Waals surface area contributed by atoms with E-state index >= 15 is 0 Å². The Morgan fingerprint density at radius 1 is 1.08 bits per heavy atom. The standard InChI is InChI=1S/C9H14BrF3/c10-6-8-4-2-1-3-7(8)5-9(11,12)13/h7-8H,1-6H2. The summed E-state index contributed by atoms with van der Waals surface area (Å²) in [6.45, 7) is 0. The predicted octanol–water partition coefficient (Wildman–Crippen LogP) is 4.14. The van der Waals surface area contributed by atoms with E-state index in [9.17, 15) is 13.2 Å². The summed E-state index contributed by atoms with van der Waals surface area (Å²) < 4.78 is 36.4. The first kappa shape index (κ1) is 11.3. The van der Waals surface area contributed by atoms with Crippen molar-refractivity contribution in [1.82, 2.24) is 0 Å². The molecule has 0 N–H and O–H groups in total. The summed E-state index contributed by atoms with van der Waals surface area (Å²) in [6.07, 6.45) is -0.831. The van der Waals surface area contributed by atoms with Gasteiger partial charge in [0.15, 0.2) is 0 Å². The maximum atomic E-state index is 12.1. The molecule has 1 aliphatic carbocycles. The molecule has 13 heavy (non-hydrogen) atoms. The van der Waals surface area contributed by atoms with Crippen LogP contribution >= 0.6 is 15.9 Å². The third-order valence-electron chi connectivity index (χ3n) is 2.76. The van der Waals surface area contributed by atoms with E-state index in [4.69, 9.17) is 0 Å². The summed E-state index contributed by atoms with van der Waals surface area (Å²) in [5.74, 6) is 0.0866. The van der Waals surface area contributed by atoms with Crippen LogP contribution in [0.3, 0.4) is 0 Å². The number of alkyl halides is 4. The van der Waals surface area contributed by atoms with E-state index in [-0.39, 0.29) is 11.8 Å². The molecule has 0 aliphatic heterocycles. The van der Waals surface area contributed by atoms with Crippen molar-refractivity contribution in [3.63, 3.8) is 0 Å². The number of halogens is 4. The zero-order chi connectivity index (χ0) is 9.90. The minimum atomic E-state index is -3.98. The number of hydrogen-bond acceptors (Lipinski definition) is 0. The van der Waals surface area contributed by atoms with Crippen LogP contribution in [0.25, 0.3) is 0 Å². The molecule has 0 heterocycles. The average molecular weight is 259 g/mol. The van der Waals surface area contributed by atoms with E-state index in [1.165, 1.54) is 0 Å². The molecule has 0 bridgehead atoms. The van der Waals surface area contributed by atoms with Gasteiger partial charge in [-0.1, -0.05) is 28.8 Å². The first-order chi connectivity index (χ1) is 6.03. The smallest absolute Gasteiger partial charge is 0.171 e. The number of rotatable bonds is 2. The van der Waals surface area contributed by atoms with E-state index in [1.54, 1.807) is 0 Å². The molecule has 0 spiro atoms. The highest BCUT2D eigenvalue weighted by atomic mass is 79.9. The SMILES string of the molecule is FC(F)(F)CC1CCCCC1CBr. The van der Waals surface area contributed by atoms with Crippen molar-refractivity contribution < 1.29 is 13.2 Å². The van der Waals surface area contributed by atoms with Crippen LogP contribution in [0.5, 0.6) is 0 Å². The van der Waals surface area contributed by atoms with Crippen LogP contribution in [0.2, 0.25) is 0 Å². The second-order valence-electron chi connectivity index (χ2n) is 3.78.